The van der Waals surface area contributed by atoms with Crippen LogP contribution in [0.3, 0.4) is 0 Å². The molecule has 0 fully saturated rings. The van der Waals surface area contributed by atoms with E-state index in [4.69, 9.17) is 5.41 Å². The zero-order valence-electron chi connectivity index (χ0n) is 6.31. The Morgan fingerprint density at radius 2 is 2.00 bits per heavy atom. The van der Waals surface area contributed by atoms with Crippen LogP contribution in [0.5, 0.6) is 0 Å². The van der Waals surface area contributed by atoms with Crippen LogP contribution in [-0.4, -0.2) is 6.21 Å². The van der Waals surface area contributed by atoms with Gasteiger partial charge in [-0.05, 0) is 25.0 Å². The predicted molar refractivity (Wildman–Crippen MR) is 43.8 cm³/mol. The average Bonchev–Trinajstić information content (AvgIpc) is 1.94. The van der Waals surface area contributed by atoms with Crippen molar-refractivity contribution >= 4 is 6.21 Å². The van der Waals surface area contributed by atoms with E-state index in [1.165, 1.54) is 17.3 Å². The fourth-order valence-corrected chi connectivity index (χ4v) is 0.915. The summed E-state index contributed by atoms with van der Waals surface area (Å²) in [6, 6.07) is 6.11. The third-order valence-corrected chi connectivity index (χ3v) is 1.59. The van der Waals surface area contributed by atoms with E-state index in [0.717, 1.165) is 5.56 Å². The van der Waals surface area contributed by atoms with Crippen molar-refractivity contribution < 1.29 is 0 Å². The van der Waals surface area contributed by atoms with Gasteiger partial charge in [-0.2, -0.15) is 0 Å². The maximum Gasteiger partial charge on any atom is 0.0253 e. The van der Waals surface area contributed by atoms with Gasteiger partial charge in [0.05, 0.1) is 0 Å². The molecule has 52 valence electrons. The van der Waals surface area contributed by atoms with Crippen LogP contribution in [0.25, 0.3) is 0 Å². The van der Waals surface area contributed by atoms with Crippen molar-refractivity contribution in [2.24, 2.45) is 0 Å². The maximum atomic E-state index is 7.06. The molecule has 0 atom stereocenters. The fraction of sp³-hybridized carbons (Fsp3) is 0.222. The highest BCUT2D eigenvalue weighted by atomic mass is 14.3. The largest absolute Gasteiger partial charge is 0.308 e. The lowest BCUT2D eigenvalue weighted by molar-refractivity contribution is 1.37. The van der Waals surface area contributed by atoms with Gasteiger partial charge in [-0.1, -0.05) is 23.8 Å². The predicted octanol–water partition coefficient (Wildman–Crippen LogP) is 2.30. The summed E-state index contributed by atoms with van der Waals surface area (Å²) in [4.78, 5) is 0. The number of benzene rings is 1. The zero-order chi connectivity index (χ0) is 7.56. The molecule has 1 nitrogen and oxygen atoms in total. The third kappa shape index (κ3) is 1.24. The van der Waals surface area contributed by atoms with Gasteiger partial charge in [0.15, 0.2) is 0 Å². The molecule has 1 aromatic rings. The highest BCUT2D eigenvalue weighted by Gasteiger charge is 1.92. The molecule has 0 spiro atoms. The number of hydrogen-bond donors (Lipinski definition) is 1. The first kappa shape index (κ1) is 7.00. The van der Waals surface area contributed by atoms with Crippen LogP contribution in [0.15, 0.2) is 18.2 Å². The highest BCUT2D eigenvalue weighted by molar-refractivity contribution is 5.79. The van der Waals surface area contributed by atoms with Gasteiger partial charge in [-0.15, -0.1) is 0 Å². The molecule has 0 aliphatic rings. The van der Waals surface area contributed by atoms with Gasteiger partial charge in [0.1, 0.15) is 0 Å². The molecular weight excluding hydrogens is 122 g/mol. The van der Waals surface area contributed by atoms with E-state index in [2.05, 4.69) is 6.07 Å². The number of nitrogens with one attached hydrogen (secondary N) is 1. The second-order valence-electron chi connectivity index (χ2n) is 2.50. The van der Waals surface area contributed by atoms with Crippen molar-refractivity contribution in [1.82, 2.24) is 0 Å². The molecule has 1 rings (SSSR count). The molecule has 1 N–H and O–H groups in total. The van der Waals surface area contributed by atoms with Crippen LogP contribution in [0, 0.1) is 19.3 Å². The molecule has 0 radical (unpaired) electrons. The summed E-state index contributed by atoms with van der Waals surface area (Å²) in [6.07, 6.45) is 1.39. The van der Waals surface area contributed by atoms with Gasteiger partial charge in [0, 0.05) is 6.21 Å². The molecule has 1 heteroatoms. The van der Waals surface area contributed by atoms with Gasteiger partial charge in [-0.3, -0.25) is 0 Å². The molecule has 0 heterocycles. The van der Waals surface area contributed by atoms with Crippen LogP contribution in [0.1, 0.15) is 16.7 Å². The maximum absolute atomic E-state index is 7.06. The smallest absolute Gasteiger partial charge is 0.0253 e. The molecular formula is C9H11N. The van der Waals surface area contributed by atoms with Crippen molar-refractivity contribution in [3.8, 4) is 0 Å². The van der Waals surface area contributed by atoms with E-state index in [0.29, 0.717) is 0 Å². The Kier molecular flexibility index (Phi) is 1.86. The minimum absolute atomic E-state index is 1.01. The minimum atomic E-state index is 1.01. The second kappa shape index (κ2) is 2.65. The quantitative estimate of drug-likeness (QED) is 0.568. The minimum Gasteiger partial charge on any atom is -0.308 e. The van der Waals surface area contributed by atoms with E-state index < -0.39 is 0 Å². The lowest BCUT2D eigenvalue weighted by Crippen LogP contribution is -1.85. The summed E-state index contributed by atoms with van der Waals surface area (Å²) >= 11 is 0. The fourth-order valence-electron chi connectivity index (χ4n) is 0.915. The first-order valence-electron chi connectivity index (χ1n) is 3.32. The van der Waals surface area contributed by atoms with Crippen molar-refractivity contribution in [2.75, 3.05) is 0 Å². The van der Waals surface area contributed by atoms with E-state index in [-0.39, 0.29) is 0 Å². The molecule has 0 aromatic heterocycles. The van der Waals surface area contributed by atoms with Crippen molar-refractivity contribution in [3.63, 3.8) is 0 Å². The first-order valence-corrected chi connectivity index (χ1v) is 3.32. The Hall–Kier alpha value is -1.11. The first-order chi connectivity index (χ1) is 4.74. The SMILES string of the molecule is Cc1ccc(C)c(C=N)c1. The molecule has 0 aliphatic carbocycles. The number of hydrogen-bond acceptors (Lipinski definition) is 1. The van der Waals surface area contributed by atoms with E-state index in [1.54, 1.807) is 0 Å². The van der Waals surface area contributed by atoms with Gasteiger partial charge in [0.2, 0.25) is 0 Å². The van der Waals surface area contributed by atoms with E-state index in [9.17, 15) is 0 Å². The van der Waals surface area contributed by atoms with E-state index in [1.807, 2.05) is 26.0 Å². The molecule has 0 bridgehead atoms. The Morgan fingerprint density at radius 1 is 1.30 bits per heavy atom. The summed E-state index contributed by atoms with van der Waals surface area (Å²) in [5.74, 6) is 0. The van der Waals surface area contributed by atoms with Crippen molar-refractivity contribution in [2.45, 2.75) is 13.8 Å². The van der Waals surface area contributed by atoms with Crippen LogP contribution in [-0.2, 0) is 0 Å². The molecule has 10 heavy (non-hydrogen) atoms. The van der Waals surface area contributed by atoms with Crippen LogP contribution in [0.2, 0.25) is 0 Å². The topological polar surface area (TPSA) is 23.9 Å². The number of aryl methyl sites for hydroxylation is 2. The van der Waals surface area contributed by atoms with E-state index >= 15 is 0 Å². The number of rotatable bonds is 1. The summed E-state index contributed by atoms with van der Waals surface area (Å²) in [6.45, 7) is 4.05. The summed E-state index contributed by atoms with van der Waals surface area (Å²) in [7, 11) is 0. The Bertz CT molecular complexity index is 251. The van der Waals surface area contributed by atoms with Crippen LogP contribution in [0.4, 0.5) is 0 Å². The summed E-state index contributed by atoms with van der Waals surface area (Å²) in [5.41, 5.74) is 3.39. The molecule has 0 aliphatic heterocycles. The van der Waals surface area contributed by atoms with Gasteiger partial charge in [-0.25, -0.2) is 0 Å². The molecule has 0 amide bonds. The molecule has 0 saturated heterocycles. The standard InChI is InChI=1S/C9H11N/c1-7-3-4-8(2)9(5-7)6-10/h3-6,10H,1-2H3. The van der Waals surface area contributed by atoms with Gasteiger partial charge < -0.3 is 5.41 Å². The highest BCUT2D eigenvalue weighted by Crippen LogP contribution is 2.07. The molecule has 1 aromatic carbocycles. The summed E-state index contributed by atoms with van der Waals surface area (Å²) in [5, 5.41) is 7.06. The van der Waals surface area contributed by atoms with Crippen molar-refractivity contribution in [3.05, 3.63) is 34.9 Å². The van der Waals surface area contributed by atoms with Crippen LogP contribution >= 0.6 is 0 Å². The van der Waals surface area contributed by atoms with Crippen LogP contribution < -0.4 is 0 Å². The lowest BCUT2D eigenvalue weighted by atomic mass is 10.1. The molecule has 0 unspecified atom stereocenters. The third-order valence-electron chi connectivity index (χ3n) is 1.59. The Labute approximate surface area is 61.2 Å². The van der Waals surface area contributed by atoms with Gasteiger partial charge in [0.25, 0.3) is 0 Å². The average molecular weight is 133 g/mol. The Balaban J connectivity index is 3.21. The van der Waals surface area contributed by atoms with Gasteiger partial charge >= 0.3 is 0 Å². The Morgan fingerprint density at radius 3 is 2.50 bits per heavy atom. The zero-order valence-corrected chi connectivity index (χ0v) is 6.31. The second-order valence-corrected chi connectivity index (χ2v) is 2.50. The monoisotopic (exact) mass is 133 g/mol. The normalized spacial score (nSPS) is 9.40. The molecule has 0 saturated carbocycles. The lowest BCUT2D eigenvalue weighted by Gasteiger charge is -1.98. The van der Waals surface area contributed by atoms with Crippen molar-refractivity contribution in [1.29, 1.82) is 5.41 Å². The summed E-state index contributed by atoms with van der Waals surface area (Å²) < 4.78 is 0.